The summed E-state index contributed by atoms with van der Waals surface area (Å²) in [7, 11) is 0. The molecular formula is C7H5NO3S. The van der Waals surface area contributed by atoms with Gasteiger partial charge in [-0.25, -0.2) is 4.79 Å². The lowest BCUT2D eigenvalue weighted by molar-refractivity contribution is 0.0665. The van der Waals surface area contributed by atoms with E-state index in [2.05, 4.69) is 4.37 Å². The van der Waals surface area contributed by atoms with E-state index in [9.17, 15) is 4.79 Å². The summed E-state index contributed by atoms with van der Waals surface area (Å²) >= 11 is 1.17. The third kappa shape index (κ3) is 0.902. The number of fused-ring (bicyclic) bond motifs is 1. The van der Waals surface area contributed by atoms with Gasteiger partial charge in [0.15, 0.2) is 0 Å². The average molecular weight is 183 g/mol. The van der Waals surface area contributed by atoms with Crippen LogP contribution in [0.2, 0.25) is 0 Å². The van der Waals surface area contributed by atoms with Crippen LogP contribution in [0.1, 0.15) is 16.2 Å². The normalized spacial score (nSPS) is 10.8. The van der Waals surface area contributed by atoms with Crippen LogP contribution in [0, 0.1) is 6.92 Å². The first-order chi connectivity index (χ1) is 5.68. The number of rotatable bonds is 1. The van der Waals surface area contributed by atoms with Gasteiger partial charge in [-0.3, -0.25) is 0 Å². The summed E-state index contributed by atoms with van der Waals surface area (Å²) in [5.74, 6) is -1.07. The number of carbonyl (C=O) groups is 1. The molecule has 0 aromatic carbocycles. The average Bonchev–Trinajstić information content (AvgIpc) is 2.53. The molecular weight excluding hydrogens is 178 g/mol. The van der Waals surface area contributed by atoms with Crippen LogP contribution in [0.4, 0.5) is 0 Å². The summed E-state index contributed by atoms with van der Waals surface area (Å²) in [5.41, 5.74) is 0.811. The summed E-state index contributed by atoms with van der Waals surface area (Å²) < 4.78 is 9.02. The highest BCUT2D eigenvalue weighted by atomic mass is 32.1. The van der Waals surface area contributed by atoms with Crippen LogP contribution in [-0.4, -0.2) is 15.4 Å². The van der Waals surface area contributed by atoms with Gasteiger partial charge in [-0.15, -0.1) is 0 Å². The molecule has 0 aliphatic carbocycles. The number of hydrogen-bond donors (Lipinski definition) is 1. The SMILES string of the molecule is Cc1nsc2oc(C(=O)O)cc12. The van der Waals surface area contributed by atoms with Crippen LogP contribution < -0.4 is 0 Å². The van der Waals surface area contributed by atoms with Gasteiger partial charge in [0.05, 0.1) is 11.1 Å². The Morgan fingerprint density at radius 1 is 1.75 bits per heavy atom. The Morgan fingerprint density at radius 3 is 3.08 bits per heavy atom. The van der Waals surface area contributed by atoms with Crippen LogP contribution in [-0.2, 0) is 0 Å². The van der Waals surface area contributed by atoms with Gasteiger partial charge in [0, 0.05) is 17.6 Å². The zero-order valence-corrected chi connectivity index (χ0v) is 7.01. The molecule has 5 heteroatoms. The van der Waals surface area contributed by atoms with Crippen molar-refractivity contribution >= 4 is 27.8 Å². The van der Waals surface area contributed by atoms with Crippen LogP contribution in [0.5, 0.6) is 0 Å². The molecule has 0 spiro atoms. The van der Waals surface area contributed by atoms with E-state index in [1.165, 1.54) is 17.6 Å². The molecule has 2 rings (SSSR count). The van der Waals surface area contributed by atoms with Crippen molar-refractivity contribution in [1.29, 1.82) is 0 Å². The van der Waals surface area contributed by atoms with E-state index in [0.29, 0.717) is 4.90 Å². The van der Waals surface area contributed by atoms with Gasteiger partial charge in [-0.2, -0.15) is 4.37 Å². The topological polar surface area (TPSA) is 63.3 Å². The molecule has 0 saturated heterocycles. The summed E-state index contributed by atoms with van der Waals surface area (Å²) in [6.45, 7) is 1.82. The van der Waals surface area contributed by atoms with E-state index in [4.69, 9.17) is 9.52 Å². The molecule has 0 aliphatic rings. The van der Waals surface area contributed by atoms with Crippen molar-refractivity contribution in [2.45, 2.75) is 6.92 Å². The van der Waals surface area contributed by atoms with Crippen molar-refractivity contribution in [2.24, 2.45) is 0 Å². The minimum absolute atomic E-state index is 0.0262. The molecule has 0 saturated carbocycles. The first-order valence-corrected chi connectivity index (χ1v) is 4.05. The first-order valence-electron chi connectivity index (χ1n) is 3.27. The summed E-state index contributed by atoms with van der Waals surface area (Å²) in [6.07, 6.45) is 0. The number of aromatic nitrogens is 1. The Labute approximate surface area is 71.6 Å². The van der Waals surface area contributed by atoms with Gasteiger partial charge < -0.3 is 9.52 Å². The molecule has 0 atom stereocenters. The number of furan rings is 1. The number of hydrogen-bond acceptors (Lipinski definition) is 4. The van der Waals surface area contributed by atoms with E-state index < -0.39 is 5.97 Å². The predicted molar refractivity (Wildman–Crippen MR) is 43.6 cm³/mol. The Balaban J connectivity index is 2.70. The number of aromatic carboxylic acids is 1. The van der Waals surface area contributed by atoms with Crippen molar-refractivity contribution in [1.82, 2.24) is 4.37 Å². The second-order valence-electron chi connectivity index (χ2n) is 2.38. The quantitative estimate of drug-likeness (QED) is 0.733. The molecule has 2 heterocycles. The number of carboxylic acid groups (broad SMARTS) is 1. The lowest BCUT2D eigenvalue weighted by Crippen LogP contribution is -1.91. The van der Waals surface area contributed by atoms with Crippen molar-refractivity contribution in [3.63, 3.8) is 0 Å². The molecule has 0 unspecified atom stereocenters. The molecule has 0 radical (unpaired) electrons. The third-order valence-corrected chi connectivity index (χ3v) is 2.40. The van der Waals surface area contributed by atoms with Gasteiger partial charge in [-0.05, 0) is 6.92 Å². The molecule has 0 bridgehead atoms. The second-order valence-corrected chi connectivity index (χ2v) is 3.12. The van der Waals surface area contributed by atoms with Crippen molar-refractivity contribution < 1.29 is 14.3 Å². The smallest absolute Gasteiger partial charge is 0.371 e. The fraction of sp³-hybridized carbons (Fsp3) is 0.143. The summed E-state index contributed by atoms with van der Waals surface area (Å²) in [4.78, 5) is 11.0. The molecule has 12 heavy (non-hydrogen) atoms. The number of nitrogens with zero attached hydrogens (tertiary/aromatic N) is 1. The maximum Gasteiger partial charge on any atom is 0.371 e. The number of carboxylic acids is 1. The zero-order chi connectivity index (χ0) is 8.72. The maximum absolute atomic E-state index is 10.5. The lowest BCUT2D eigenvalue weighted by Gasteiger charge is -1.81. The summed E-state index contributed by atoms with van der Waals surface area (Å²) in [6, 6.07) is 1.50. The molecule has 0 amide bonds. The van der Waals surface area contributed by atoms with E-state index in [1.807, 2.05) is 6.92 Å². The lowest BCUT2D eigenvalue weighted by atomic mass is 10.3. The minimum Gasteiger partial charge on any atom is -0.475 e. The standard InChI is InChI=1S/C7H5NO3S/c1-3-4-2-5(6(9)10)11-7(4)12-8-3/h2H,1H3,(H,9,10). The highest BCUT2D eigenvalue weighted by Gasteiger charge is 2.13. The van der Waals surface area contributed by atoms with Crippen LogP contribution >= 0.6 is 11.5 Å². The fourth-order valence-electron chi connectivity index (χ4n) is 0.959. The van der Waals surface area contributed by atoms with Crippen molar-refractivity contribution in [3.05, 3.63) is 17.5 Å². The fourth-order valence-corrected chi connectivity index (χ4v) is 1.71. The van der Waals surface area contributed by atoms with E-state index in [-0.39, 0.29) is 5.76 Å². The first kappa shape index (κ1) is 7.30. The zero-order valence-electron chi connectivity index (χ0n) is 6.20. The third-order valence-electron chi connectivity index (χ3n) is 1.56. The van der Waals surface area contributed by atoms with E-state index in [1.54, 1.807) is 0 Å². The molecule has 62 valence electrons. The van der Waals surface area contributed by atoms with E-state index in [0.717, 1.165) is 11.1 Å². The molecule has 0 fully saturated rings. The summed E-state index contributed by atoms with van der Waals surface area (Å²) in [5, 5.41) is 9.37. The molecule has 4 nitrogen and oxygen atoms in total. The number of aryl methyl sites for hydroxylation is 1. The molecule has 0 aliphatic heterocycles. The van der Waals surface area contributed by atoms with Gasteiger partial charge in [0.2, 0.25) is 10.7 Å². The van der Waals surface area contributed by atoms with Gasteiger partial charge in [0.1, 0.15) is 0 Å². The van der Waals surface area contributed by atoms with Gasteiger partial charge in [0.25, 0.3) is 0 Å². The highest BCUT2D eigenvalue weighted by Crippen LogP contribution is 2.25. The maximum atomic E-state index is 10.5. The Hall–Kier alpha value is -1.36. The minimum atomic E-state index is -1.04. The van der Waals surface area contributed by atoms with Crippen LogP contribution in [0.25, 0.3) is 10.3 Å². The van der Waals surface area contributed by atoms with Crippen molar-refractivity contribution in [3.8, 4) is 0 Å². The Bertz CT molecular complexity index is 442. The molecule has 2 aromatic heterocycles. The van der Waals surface area contributed by atoms with Gasteiger partial charge >= 0.3 is 5.97 Å². The Morgan fingerprint density at radius 2 is 2.50 bits per heavy atom. The molecule has 1 N–H and O–H groups in total. The van der Waals surface area contributed by atoms with Crippen molar-refractivity contribution in [2.75, 3.05) is 0 Å². The predicted octanol–water partition coefficient (Wildman–Crippen LogP) is 1.90. The molecule has 2 aromatic rings. The highest BCUT2D eigenvalue weighted by molar-refractivity contribution is 7.12. The monoisotopic (exact) mass is 183 g/mol. The van der Waals surface area contributed by atoms with Crippen LogP contribution in [0.15, 0.2) is 10.5 Å². The second kappa shape index (κ2) is 2.31. The Kier molecular flexibility index (Phi) is 1.41. The van der Waals surface area contributed by atoms with Gasteiger partial charge in [-0.1, -0.05) is 0 Å². The van der Waals surface area contributed by atoms with E-state index >= 15 is 0 Å². The van der Waals surface area contributed by atoms with Crippen LogP contribution in [0.3, 0.4) is 0 Å². The largest absolute Gasteiger partial charge is 0.475 e.